The maximum absolute atomic E-state index is 12.6. The first-order valence-corrected chi connectivity index (χ1v) is 26.7. The zero-order chi connectivity index (χ0) is 47.2. The molecule has 0 heterocycles. The molecule has 0 radical (unpaired) electrons. The molecule has 370 valence electrons. The lowest BCUT2D eigenvalue weighted by Gasteiger charge is -2.18. The number of hydrogen-bond donors (Lipinski definition) is 0. The van der Waals surface area contributed by atoms with Gasteiger partial charge in [-0.2, -0.15) is 0 Å². The van der Waals surface area contributed by atoms with Gasteiger partial charge in [0.2, 0.25) is 0 Å². The van der Waals surface area contributed by atoms with Gasteiger partial charge in [0, 0.05) is 19.3 Å². The van der Waals surface area contributed by atoms with Crippen LogP contribution in [0.5, 0.6) is 0 Å². The molecule has 0 aromatic heterocycles. The SMILES string of the molecule is CC/C=C\C/C=C\C/C=C\C/C=C\C/C=C\C/C=C\C/C=C\C/C=C\CCCCCCCCCCC(=O)OCC(COC(=O)CCCCCCC)OC(=O)CCCCCCCCCCC. The summed E-state index contributed by atoms with van der Waals surface area (Å²) in [5, 5.41) is 0. The van der Waals surface area contributed by atoms with Crippen molar-refractivity contribution in [2.45, 2.75) is 245 Å². The number of carbonyl (C=O) groups excluding carboxylic acids is 3. The number of rotatable bonds is 47. The van der Waals surface area contributed by atoms with Gasteiger partial charge in [0.25, 0.3) is 0 Å². The quantitative estimate of drug-likeness (QED) is 0.0262. The highest BCUT2D eigenvalue weighted by Gasteiger charge is 2.19. The summed E-state index contributed by atoms with van der Waals surface area (Å²) in [6, 6.07) is 0. The third-order valence-electron chi connectivity index (χ3n) is 11.1. The topological polar surface area (TPSA) is 78.9 Å². The molecule has 0 spiro atoms. The molecule has 0 bridgehead atoms. The van der Waals surface area contributed by atoms with Crippen LogP contribution < -0.4 is 0 Å². The first-order chi connectivity index (χ1) is 32.0. The standard InChI is InChI=1S/C59H98O6/c1-4-7-10-13-15-17-18-19-20-21-22-23-24-25-26-27-28-29-30-31-32-33-34-35-36-37-38-39-40-42-43-46-49-52-58(61)64-55-56(54-63-57(60)51-48-45-12-9-6-3)65-59(62)53-50-47-44-41-16-14-11-8-5-2/h7,10,15,17,19-20,22-23,25-26,28-29,31-32,34-35,56H,4-6,8-9,11-14,16,18,21,24,27,30,33,36-55H2,1-3H3/b10-7-,17-15-,20-19-,23-22-,26-25-,29-28-,32-31-,35-34-. The van der Waals surface area contributed by atoms with Gasteiger partial charge in [-0.15, -0.1) is 0 Å². The van der Waals surface area contributed by atoms with E-state index in [4.69, 9.17) is 14.2 Å². The van der Waals surface area contributed by atoms with Crippen LogP contribution in [-0.2, 0) is 28.6 Å². The Bertz CT molecular complexity index is 1310. The Morgan fingerprint density at radius 1 is 0.323 bits per heavy atom. The highest BCUT2D eigenvalue weighted by Crippen LogP contribution is 2.14. The van der Waals surface area contributed by atoms with E-state index >= 15 is 0 Å². The smallest absolute Gasteiger partial charge is 0.306 e. The van der Waals surface area contributed by atoms with Crippen molar-refractivity contribution in [1.82, 2.24) is 0 Å². The van der Waals surface area contributed by atoms with Crippen molar-refractivity contribution in [3.63, 3.8) is 0 Å². The molecular weight excluding hydrogens is 805 g/mol. The van der Waals surface area contributed by atoms with Crippen molar-refractivity contribution in [2.75, 3.05) is 13.2 Å². The molecule has 0 aliphatic carbocycles. The van der Waals surface area contributed by atoms with Crippen LogP contribution in [0.25, 0.3) is 0 Å². The summed E-state index contributed by atoms with van der Waals surface area (Å²) in [6.45, 7) is 6.40. The van der Waals surface area contributed by atoms with Crippen LogP contribution >= 0.6 is 0 Å². The Morgan fingerprint density at radius 2 is 0.600 bits per heavy atom. The van der Waals surface area contributed by atoms with E-state index in [2.05, 4.69) is 118 Å². The number of esters is 3. The first kappa shape index (κ1) is 61.3. The van der Waals surface area contributed by atoms with Gasteiger partial charge in [-0.3, -0.25) is 14.4 Å². The van der Waals surface area contributed by atoms with Crippen molar-refractivity contribution in [2.24, 2.45) is 0 Å². The maximum Gasteiger partial charge on any atom is 0.306 e. The summed E-state index contributed by atoms with van der Waals surface area (Å²) >= 11 is 0. The highest BCUT2D eigenvalue weighted by atomic mass is 16.6. The monoisotopic (exact) mass is 903 g/mol. The zero-order valence-electron chi connectivity index (χ0n) is 42.2. The molecule has 0 aliphatic rings. The van der Waals surface area contributed by atoms with Crippen molar-refractivity contribution in [3.05, 3.63) is 97.2 Å². The van der Waals surface area contributed by atoms with Gasteiger partial charge in [-0.25, -0.2) is 0 Å². The first-order valence-electron chi connectivity index (χ1n) is 26.7. The van der Waals surface area contributed by atoms with Crippen LogP contribution in [0.2, 0.25) is 0 Å². The van der Waals surface area contributed by atoms with Gasteiger partial charge in [0.05, 0.1) is 0 Å². The molecule has 0 aliphatic heterocycles. The average Bonchev–Trinajstić information content (AvgIpc) is 3.30. The van der Waals surface area contributed by atoms with Gasteiger partial charge in [-0.1, -0.05) is 234 Å². The Kier molecular flexibility index (Phi) is 50.0. The van der Waals surface area contributed by atoms with Gasteiger partial charge < -0.3 is 14.2 Å². The number of allylic oxidation sites excluding steroid dienone is 16. The molecule has 65 heavy (non-hydrogen) atoms. The Labute approximate surface area is 400 Å². The zero-order valence-corrected chi connectivity index (χ0v) is 42.2. The minimum atomic E-state index is -0.772. The fourth-order valence-electron chi connectivity index (χ4n) is 7.10. The second-order valence-electron chi connectivity index (χ2n) is 17.4. The second-order valence-corrected chi connectivity index (χ2v) is 17.4. The summed E-state index contributed by atoms with van der Waals surface area (Å²) < 4.78 is 16.6. The Hall–Kier alpha value is -3.67. The van der Waals surface area contributed by atoms with Crippen LogP contribution in [-0.4, -0.2) is 37.2 Å². The summed E-state index contributed by atoms with van der Waals surface area (Å²) in [7, 11) is 0. The van der Waals surface area contributed by atoms with Crippen LogP contribution in [0, 0.1) is 0 Å². The van der Waals surface area contributed by atoms with E-state index < -0.39 is 6.10 Å². The van der Waals surface area contributed by atoms with Crippen molar-refractivity contribution >= 4 is 17.9 Å². The van der Waals surface area contributed by atoms with Gasteiger partial charge in [-0.05, 0) is 83.5 Å². The summed E-state index contributed by atoms with van der Waals surface area (Å²) in [5.41, 5.74) is 0. The molecule has 1 atom stereocenters. The Balaban J connectivity index is 4.00. The van der Waals surface area contributed by atoms with Gasteiger partial charge >= 0.3 is 17.9 Å². The van der Waals surface area contributed by atoms with Gasteiger partial charge in [0.1, 0.15) is 13.2 Å². The molecule has 0 saturated heterocycles. The summed E-state index contributed by atoms with van der Waals surface area (Å²) in [4.78, 5) is 37.5. The lowest BCUT2D eigenvalue weighted by atomic mass is 10.1. The minimum absolute atomic E-state index is 0.0788. The van der Waals surface area contributed by atoms with E-state index in [0.717, 1.165) is 122 Å². The molecule has 0 amide bonds. The van der Waals surface area contributed by atoms with E-state index in [1.54, 1.807) is 0 Å². The number of unbranched alkanes of at least 4 members (excludes halogenated alkanes) is 20. The van der Waals surface area contributed by atoms with Crippen molar-refractivity contribution in [3.8, 4) is 0 Å². The van der Waals surface area contributed by atoms with Gasteiger partial charge in [0.15, 0.2) is 6.10 Å². The van der Waals surface area contributed by atoms with Crippen LogP contribution in [0.3, 0.4) is 0 Å². The van der Waals surface area contributed by atoms with Crippen molar-refractivity contribution in [1.29, 1.82) is 0 Å². The molecule has 6 nitrogen and oxygen atoms in total. The molecule has 0 rings (SSSR count). The molecule has 1 unspecified atom stereocenters. The predicted octanol–water partition coefficient (Wildman–Crippen LogP) is 17.8. The third-order valence-corrected chi connectivity index (χ3v) is 11.1. The minimum Gasteiger partial charge on any atom is -0.462 e. The van der Waals surface area contributed by atoms with E-state index in [9.17, 15) is 14.4 Å². The van der Waals surface area contributed by atoms with Crippen LogP contribution in [0.4, 0.5) is 0 Å². The predicted molar refractivity (Wildman–Crippen MR) is 279 cm³/mol. The molecule has 0 saturated carbocycles. The summed E-state index contributed by atoms with van der Waals surface area (Å²) in [5.74, 6) is -0.907. The van der Waals surface area contributed by atoms with Crippen LogP contribution in [0.1, 0.15) is 239 Å². The fraction of sp³-hybridized carbons (Fsp3) is 0.678. The molecule has 0 aromatic rings. The molecule has 0 N–H and O–H groups in total. The average molecular weight is 903 g/mol. The summed E-state index contributed by atoms with van der Waals surface area (Å²) in [6.07, 6.45) is 70.2. The molecule has 0 fully saturated rings. The maximum atomic E-state index is 12.6. The van der Waals surface area contributed by atoms with E-state index in [1.807, 2.05) is 0 Å². The normalized spacial score (nSPS) is 12.8. The largest absolute Gasteiger partial charge is 0.462 e. The fourth-order valence-corrected chi connectivity index (χ4v) is 7.10. The number of carbonyl (C=O) groups is 3. The lowest BCUT2D eigenvalue weighted by molar-refractivity contribution is -0.167. The van der Waals surface area contributed by atoms with E-state index in [1.165, 1.54) is 77.0 Å². The molecule has 0 aromatic carbocycles. The molecular formula is C59H98O6. The Morgan fingerprint density at radius 3 is 0.938 bits per heavy atom. The second kappa shape index (κ2) is 52.9. The molecule has 6 heteroatoms. The number of hydrogen-bond acceptors (Lipinski definition) is 6. The third kappa shape index (κ3) is 51.2. The van der Waals surface area contributed by atoms with Crippen LogP contribution in [0.15, 0.2) is 97.2 Å². The van der Waals surface area contributed by atoms with E-state index in [0.29, 0.717) is 19.3 Å². The van der Waals surface area contributed by atoms with E-state index in [-0.39, 0.29) is 31.1 Å². The number of ether oxygens (including phenoxy) is 3. The highest BCUT2D eigenvalue weighted by molar-refractivity contribution is 5.71. The lowest BCUT2D eigenvalue weighted by Crippen LogP contribution is -2.30. The van der Waals surface area contributed by atoms with Crippen molar-refractivity contribution < 1.29 is 28.6 Å².